The summed E-state index contributed by atoms with van der Waals surface area (Å²) in [6.45, 7) is 3.44. The number of carbonyl (C=O) groups excluding carboxylic acids is 1. The van der Waals surface area contributed by atoms with Crippen LogP contribution in [0.3, 0.4) is 0 Å². The molecule has 0 aliphatic heterocycles. The van der Waals surface area contributed by atoms with Crippen LogP contribution < -0.4 is 5.32 Å². The number of carboxylic acids is 2. The summed E-state index contributed by atoms with van der Waals surface area (Å²) in [4.78, 5) is 32.2. The highest BCUT2D eigenvalue weighted by atomic mass is 16.4. The molecule has 0 saturated heterocycles. The van der Waals surface area contributed by atoms with Gasteiger partial charge in [-0.25, -0.2) is 4.79 Å². The number of hydrogen-bond acceptors (Lipinski definition) is 3. The molecule has 0 aliphatic rings. The molecule has 0 bridgehead atoms. The fourth-order valence-corrected chi connectivity index (χ4v) is 0.874. The largest absolute Gasteiger partial charge is 0.481 e. The summed E-state index contributed by atoms with van der Waals surface area (Å²) in [7, 11) is 0. The van der Waals surface area contributed by atoms with Gasteiger partial charge in [0, 0.05) is 5.92 Å². The Kier molecular flexibility index (Phi) is 5.36. The minimum Gasteiger partial charge on any atom is -0.481 e. The van der Waals surface area contributed by atoms with Gasteiger partial charge in [-0.2, -0.15) is 0 Å². The second-order valence-electron chi connectivity index (χ2n) is 3.31. The molecule has 0 aliphatic carbocycles. The normalized spacial score (nSPS) is 14.0. The van der Waals surface area contributed by atoms with E-state index in [0.29, 0.717) is 6.42 Å². The molecule has 0 aromatic carbocycles. The summed E-state index contributed by atoms with van der Waals surface area (Å²) in [5.41, 5.74) is 0. The smallest absolute Gasteiger partial charge is 0.326 e. The Morgan fingerprint density at radius 2 is 1.80 bits per heavy atom. The molecule has 6 nitrogen and oxygen atoms in total. The van der Waals surface area contributed by atoms with E-state index in [1.165, 1.54) is 0 Å². The van der Waals surface area contributed by atoms with Gasteiger partial charge in [0.15, 0.2) is 0 Å². The zero-order chi connectivity index (χ0) is 12.0. The summed E-state index contributed by atoms with van der Waals surface area (Å²) < 4.78 is 0. The molecule has 0 aromatic rings. The maximum absolute atomic E-state index is 11.3. The molecule has 0 aromatic heterocycles. The summed E-state index contributed by atoms with van der Waals surface area (Å²) in [5.74, 6) is -3.35. The SMILES string of the molecule is CCC(C)C(=O)N[C@H](CC(=O)O)C(=O)O. The predicted molar refractivity (Wildman–Crippen MR) is 51.3 cm³/mol. The van der Waals surface area contributed by atoms with Crippen molar-refractivity contribution in [2.24, 2.45) is 5.92 Å². The Bertz CT molecular complexity index is 263. The second-order valence-corrected chi connectivity index (χ2v) is 3.31. The standard InChI is InChI=1S/C9H15NO5/c1-3-5(2)8(13)10-6(9(14)15)4-7(11)12/h5-6H,3-4H2,1-2H3,(H,10,13)(H,11,12)(H,14,15)/t5?,6-/m1/s1. The molecule has 0 spiro atoms. The molecule has 0 fully saturated rings. The molecule has 3 N–H and O–H groups in total. The summed E-state index contributed by atoms with van der Waals surface area (Å²) in [5, 5.41) is 19.3. The Balaban J connectivity index is 4.35. The zero-order valence-electron chi connectivity index (χ0n) is 8.69. The number of rotatable bonds is 6. The van der Waals surface area contributed by atoms with Crippen LogP contribution in [0.25, 0.3) is 0 Å². The van der Waals surface area contributed by atoms with Gasteiger partial charge in [-0.15, -0.1) is 0 Å². The van der Waals surface area contributed by atoms with Gasteiger partial charge in [0.1, 0.15) is 6.04 Å². The number of hydrogen-bond donors (Lipinski definition) is 3. The Morgan fingerprint density at radius 3 is 2.13 bits per heavy atom. The number of carboxylic acid groups (broad SMARTS) is 2. The van der Waals surface area contributed by atoms with E-state index in [-0.39, 0.29) is 5.92 Å². The third-order valence-electron chi connectivity index (χ3n) is 2.05. The van der Waals surface area contributed by atoms with Gasteiger partial charge >= 0.3 is 11.9 Å². The first-order valence-electron chi connectivity index (χ1n) is 4.63. The van der Waals surface area contributed by atoms with E-state index >= 15 is 0 Å². The van der Waals surface area contributed by atoms with Gasteiger partial charge in [-0.3, -0.25) is 9.59 Å². The highest BCUT2D eigenvalue weighted by molar-refractivity contribution is 5.87. The van der Waals surface area contributed by atoms with Crippen molar-refractivity contribution in [1.82, 2.24) is 5.32 Å². The van der Waals surface area contributed by atoms with Crippen LogP contribution in [0.5, 0.6) is 0 Å². The lowest BCUT2D eigenvalue weighted by Gasteiger charge is -2.15. The highest BCUT2D eigenvalue weighted by Gasteiger charge is 2.24. The van der Waals surface area contributed by atoms with Gasteiger partial charge < -0.3 is 15.5 Å². The molecule has 0 saturated carbocycles. The van der Waals surface area contributed by atoms with Crippen molar-refractivity contribution in [3.63, 3.8) is 0 Å². The van der Waals surface area contributed by atoms with Gasteiger partial charge in [0.2, 0.25) is 5.91 Å². The van der Waals surface area contributed by atoms with E-state index in [0.717, 1.165) is 0 Å². The molecule has 1 unspecified atom stereocenters. The van der Waals surface area contributed by atoms with Gasteiger partial charge in [0.05, 0.1) is 6.42 Å². The molecule has 1 amide bonds. The lowest BCUT2D eigenvalue weighted by Crippen LogP contribution is -2.44. The fraction of sp³-hybridized carbons (Fsp3) is 0.667. The van der Waals surface area contributed by atoms with Crippen LogP contribution in [0, 0.1) is 5.92 Å². The van der Waals surface area contributed by atoms with E-state index in [1.54, 1.807) is 13.8 Å². The number of aliphatic carboxylic acids is 2. The van der Waals surface area contributed by atoms with Crippen LogP contribution in [0.1, 0.15) is 26.7 Å². The number of amides is 1. The van der Waals surface area contributed by atoms with Crippen LogP contribution in [0.4, 0.5) is 0 Å². The predicted octanol–water partition coefficient (Wildman–Crippen LogP) is 0.0766. The van der Waals surface area contributed by atoms with Crippen LogP contribution in [-0.4, -0.2) is 34.1 Å². The molecule has 0 heterocycles. The van der Waals surface area contributed by atoms with E-state index < -0.39 is 30.3 Å². The van der Waals surface area contributed by atoms with Crippen molar-refractivity contribution < 1.29 is 24.6 Å². The molecule has 0 radical (unpaired) electrons. The van der Waals surface area contributed by atoms with Crippen LogP contribution >= 0.6 is 0 Å². The maximum Gasteiger partial charge on any atom is 0.326 e. The van der Waals surface area contributed by atoms with Gasteiger partial charge in [-0.05, 0) is 6.42 Å². The fourth-order valence-electron chi connectivity index (χ4n) is 0.874. The minimum atomic E-state index is -1.36. The summed E-state index contributed by atoms with van der Waals surface area (Å²) >= 11 is 0. The number of nitrogens with one attached hydrogen (secondary N) is 1. The molecular formula is C9H15NO5. The van der Waals surface area contributed by atoms with Crippen LogP contribution in [0.15, 0.2) is 0 Å². The summed E-state index contributed by atoms with van der Waals surface area (Å²) in [6, 6.07) is -1.36. The third-order valence-corrected chi connectivity index (χ3v) is 2.05. The Labute approximate surface area is 87.3 Å². The average molecular weight is 217 g/mol. The maximum atomic E-state index is 11.3. The first-order chi connectivity index (χ1) is 6.88. The first kappa shape index (κ1) is 13.4. The van der Waals surface area contributed by atoms with Crippen LogP contribution in [0.2, 0.25) is 0 Å². The summed E-state index contributed by atoms with van der Waals surface area (Å²) in [6.07, 6.45) is -0.0389. The van der Waals surface area contributed by atoms with Crippen LogP contribution in [-0.2, 0) is 14.4 Å². The molecule has 86 valence electrons. The van der Waals surface area contributed by atoms with Gasteiger partial charge in [0.25, 0.3) is 0 Å². The van der Waals surface area contributed by atoms with E-state index in [1.807, 2.05) is 0 Å². The van der Waals surface area contributed by atoms with E-state index in [2.05, 4.69) is 5.32 Å². The average Bonchev–Trinajstić information content (AvgIpc) is 2.14. The Morgan fingerprint density at radius 1 is 1.27 bits per heavy atom. The quantitative estimate of drug-likeness (QED) is 0.584. The van der Waals surface area contributed by atoms with Gasteiger partial charge in [-0.1, -0.05) is 13.8 Å². The first-order valence-corrected chi connectivity index (χ1v) is 4.63. The van der Waals surface area contributed by atoms with Crippen molar-refractivity contribution >= 4 is 17.8 Å². The van der Waals surface area contributed by atoms with E-state index in [9.17, 15) is 14.4 Å². The minimum absolute atomic E-state index is 0.319. The third kappa shape index (κ3) is 4.99. The molecule has 15 heavy (non-hydrogen) atoms. The van der Waals surface area contributed by atoms with Crippen molar-refractivity contribution in [2.75, 3.05) is 0 Å². The lowest BCUT2D eigenvalue weighted by atomic mass is 10.1. The van der Waals surface area contributed by atoms with Crippen molar-refractivity contribution in [1.29, 1.82) is 0 Å². The zero-order valence-corrected chi connectivity index (χ0v) is 8.69. The molecular weight excluding hydrogens is 202 g/mol. The lowest BCUT2D eigenvalue weighted by molar-refractivity contribution is -0.147. The Hall–Kier alpha value is -1.59. The van der Waals surface area contributed by atoms with Crippen molar-refractivity contribution in [3.05, 3.63) is 0 Å². The molecule has 0 rings (SSSR count). The highest BCUT2D eigenvalue weighted by Crippen LogP contribution is 2.02. The van der Waals surface area contributed by atoms with Crippen molar-refractivity contribution in [3.8, 4) is 0 Å². The second kappa shape index (κ2) is 6.00. The monoisotopic (exact) mass is 217 g/mol. The molecule has 6 heteroatoms. The topological polar surface area (TPSA) is 104 Å². The van der Waals surface area contributed by atoms with Crippen molar-refractivity contribution in [2.45, 2.75) is 32.7 Å². The van der Waals surface area contributed by atoms with E-state index in [4.69, 9.17) is 10.2 Å². The molecule has 2 atom stereocenters. The number of carbonyl (C=O) groups is 3.